The van der Waals surface area contributed by atoms with Crippen molar-refractivity contribution in [3.8, 4) is 17.2 Å². The highest BCUT2D eigenvalue weighted by Crippen LogP contribution is 2.28. The number of pyridine rings is 1. The average Bonchev–Trinajstić information content (AvgIpc) is 2.76. The van der Waals surface area contributed by atoms with Crippen LogP contribution in [-0.2, 0) is 17.9 Å². The molecule has 0 bridgehead atoms. The van der Waals surface area contributed by atoms with Gasteiger partial charge in [-0.05, 0) is 47.5 Å². The van der Waals surface area contributed by atoms with Gasteiger partial charge in [-0.2, -0.15) is 0 Å². The topological polar surface area (TPSA) is 69.7 Å². The first-order valence-electron chi connectivity index (χ1n) is 8.88. The number of benzene rings is 2. The van der Waals surface area contributed by atoms with Gasteiger partial charge in [0.15, 0.2) is 18.1 Å². The molecule has 1 N–H and O–H groups in total. The molecule has 0 saturated heterocycles. The number of hydrogen-bond acceptors (Lipinski definition) is 5. The third-order valence-corrected chi connectivity index (χ3v) is 3.97. The Morgan fingerprint density at radius 3 is 2.46 bits per heavy atom. The van der Waals surface area contributed by atoms with Crippen molar-refractivity contribution >= 4 is 5.91 Å². The molecule has 0 aliphatic carbocycles. The highest BCUT2D eigenvalue weighted by Gasteiger charge is 2.08. The molecule has 0 unspecified atom stereocenters. The Morgan fingerprint density at radius 2 is 1.71 bits per heavy atom. The van der Waals surface area contributed by atoms with Gasteiger partial charge >= 0.3 is 0 Å². The molecule has 0 saturated carbocycles. The van der Waals surface area contributed by atoms with Crippen molar-refractivity contribution < 1.29 is 19.0 Å². The number of rotatable bonds is 9. The van der Waals surface area contributed by atoms with E-state index in [1.807, 2.05) is 60.7 Å². The molecule has 6 heteroatoms. The molecule has 0 spiro atoms. The van der Waals surface area contributed by atoms with Crippen LogP contribution in [0.4, 0.5) is 0 Å². The van der Waals surface area contributed by atoms with Gasteiger partial charge in [0.05, 0.1) is 7.11 Å². The first-order chi connectivity index (χ1) is 13.7. The third-order valence-electron chi connectivity index (χ3n) is 3.97. The summed E-state index contributed by atoms with van der Waals surface area (Å²) in [5.41, 5.74) is 1.92. The van der Waals surface area contributed by atoms with Crippen LogP contribution in [0.15, 0.2) is 73.1 Å². The Balaban J connectivity index is 1.50. The van der Waals surface area contributed by atoms with E-state index in [-0.39, 0.29) is 12.5 Å². The lowest BCUT2D eigenvalue weighted by Gasteiger charge is -2.13. The van der Waals surface area contributed by atoms with Crippen molar-refractivity contribution in [1.29, 1.82) is 0 Å². The van der Waals surface area contributed by atoms with E-state index in [4.69, 9.17) is 14.2 Å². The largest absolute Gasteiger partial charge is 0.493 e. The van der Waals surface area contributed by atoms with Gasteiger partial charge in [-0.1, -0.05) is 24.3 Å². The van der Waals surface area contributed by atoms with E-state index >= 15 is 0 Å². The summed E-state index contributed by atoms with van der Waals surface area (Å²) >= 11 is 0. The third kappa shape index (κ3) is 5.74. The summed E-state index contributed by atoms with van der Waals surface area (Å²) in [6, 6.07) is 18.6. The van der Waals surface area contributed by atoms with E-state index in [2.05, 4.69) is 10.3 Å². The van der Waals surface area contributed by atoms with E-state index in [0.29, 0.717) is 30.4 Å². The summed E-state index contributed by atoms with van der Waals surface area (Å²) in [6.07, 6.45) is 3.45. The normalized spacial score (nSPS) is 10.2. The number of ether oxygens (including phenoxy) is 3. The van der Waals surface area contributed by atoms with Crippen molar-refractivity contribution in [2.75, 3.05) is 13.7 Å². The van der Waals surface area contributed by atoms with Crippen molar-refractivity contribution in [1.82, 2.24) is 10.3 Å². The van der Waals surface area contributed by atoms with Crippen LogP contribution < -0.4 is 19.5 Å². The van der Waals surface area contributed by atoms with Gasteiger partial charge < -0.3 is 19.5 Å². The van der Waals surface area contributed by atoms with Gasteiger partial charge in [-0.25, -0.2) is 0 Å². The standard InChI is InChI=1S/C22H22N2O4/c1-26-21-13-18(7-8-20(21)28-15-17-9-11-23-12-10-17)14-24-22(25)16-27-19-5-3-2-4-6-19/h2-13H,14-16H2,1H3,(H,24,25). The predicted octanol–water partition coefficient (Wildman–Crippen LogP) is 3.36. The number of aromatic nitrogens is 1. The molecule has 2 aromatic carbocycles. The molecule has 0 atom stereocenters. The molecular weight excluding hydrogens is 356 g/mol. The Kier molecular flexibility index (Phi) is 6.84. The molecule has 1 heterocycles. The predicted molar refractivity (Wildman–Crippen MR) is 105 cm³/mol. The Labute approximate surface area is 164 Å². The van der Waals surface area contributed by atoms with Crippen LogP contribution in [0.5, 0.6) is 17.2 Å². The van der Waals surface area contributed by atoms with Crippen LogP contribution in [0.2, 0.25) is 0 Å². The summed E-state index contributed by atoms with van der Waals surface area (Å²) in [5.74, 6) is 1.72. The Hall–Kier alpha value is -3.54. The second-order valence-corrected chi connectivity index (χ2v) is 6.01. The van der Waals surface area contributed by atoms with E-state index in [1.165, 1.54) is 0 Å². The maximum Gasteiger partial charge on any atom is 0.258 e. The van der Waals surface area contributed by atoms with Gasteiger partial charge in [0.1, 0.15) is 12.4 Å². The lowest BCUT2D eigenvalue weighted by Crippen LogP contribution is -2.28. The summed E-state index contributed by atoms with van der Waals surface area (Å²) in [5, 5.41) is 2.83. The first-order valence-corrected chi connectivity index (χ1v) is 8.88. The molecule has 144 valence electrons. The summed E-state index contributed by atoms with van der Waals surface area (Å²) in [6.45, 7) is 0.762. The smallest absolute Gasteiger partial charge is 0.258 e. The van der Waals surface area contributed by atoms with Crippen LogP contribution in [0.25, 0.3) is 0 Å². The number of carbonyl (C=O) groups is 1. The molecule has 1 amide bonds. The SMILES string of the molecule is COc1cc(CNC(=O)COc2ccccc2)ccc1OCc1ccncc1. The molecule has 0 fully saturated rings. The van der Waals surface area contributed by atoms with E-state index in [0.717, 1.165) is 11.1 Å². The van der Waals surface area contributed by atoms with Crippen LogP contribution >= 0.6 is 0 Å². The molecular formula is C22H22N2O4. The van der Waals surface area contributed by atoms with Gasteiger partial charge in [0, 0.05) is 18.9 Å². The van der Waals surface area contributed by atoms with E-state index < -0.39 is 0 Å². The lowest BCUT2D eigenvalue weighted by molar-refractivity contribution is -0.123. The average molecular weight is 378 g/mol. The molecule has 1 aromatic heterocycles. The van der Waals surface area contributed by atoms with Crippen molar-refractivity contribution in [2.45, 2.75) is 13.2 Å². The van der Waals surface area contributed by atoms with Gasteiger partial charge in [-0.3, -0.25) is 9.78 Å². The van der Waals surface area contributed by atoms with Crippen molar-refractivity contribution in [3.63, 3.8) is 0 Å². The molecule has 0 aliphatic heterocycles. The fourth-order valence-corrected chi connectivity index (χ4v) is 2.50. The van der Waals surface area contributed by atoms with Crippen molar-refractivity contribution in [3.05, 3.63) is 84.2 Å². The molecule has 3 rings (SSSR count). The summed E-state index contributed by atoms with van der Waals surface area (Å²) < 4.78 is 16.7. The van der Waals surface area contributed by atoms with Crippen LogP contribution in [-0.4, -0.2) is 24.6 Å². The molecule has 28 heavy (non-hydrogen) atoms. The summed E-state index contributed by atoms with van der Waals surface area (Å²) in [4.78, 5) is 16.0. The molecule has 6 nitrogen and oxygen atoms in total. The number of carbonyl (C=O) groups excluding carboxylic acids is 1. The lowest BCUT2D eigenvalue weighted by atomic mass is 10.2. The Morgan fingerprint density at radius 1 is 0.929 bits per heavy atom. The monoisotopic (exact) mass is 378 g/mol. The molecule has 0 aliphatic rings. The number of amides is 1. The van der Waals surface area contributed by atoms with Gasteiger partial charge in [0.25, 0.3) is 5.91 Å². The van der Waals surface area contributed by atoms with Crippen LogP contribution in [0, 0.1) is 0 Å². The second-order valence-electron chi connectivity index (χ2n) is 6.01. The van der Waals surface area contributed by atoms with E-state index in [1.54, 1.807) is 19.5 Å². The Bertz CT molecular complexity index is 886. The molecule has 3 aromatic rings. The number of para-hydroxylation sites is 1. The number of methoxy groups -OCH3 is 1. The summed E-state index contributed by atoms with van der Waals surface area (Å²) in [7, 11) is 1.59. The zero-order chi connectivity index (χ0) is 19.6. The fraction of sp³-hybridized carbons (Fsp3) is 0.182. The minimum Gasteiger partial charge on any atom is -0.493 e. The fourth-order valence-electron chi connectivity index (χ4n) is 2.50. The first kappa shape index (κ1) is 19.2. The van der Waals surface area contributed by atoms with Gasteiger partial charge in [0.2, 0.25) is 0 Å². The van der Waals surface area contributed by atoms with Crippen molar-refractivity contribution in [2.24, 2.45) is 0 Å². The zero-order valence-corrected chi connectivity index (χ0v) is 15.6. The molecule has 0 radical (unpaired) electrons. The zero-order valence-electron chi connectivity index (χ0n) is 15.6. The number of nitrogens with one attached hydrogen (secondary N) is 1. The minimum absolute atomic E-state index is 0.0335. The minimum atomic E-state index is -0.194. The highest BCUT2D eigenvalue weighted by atomic mass is 16.5. The highest BCUT2D eigenvalue weighted by molar-refractivity contribution is 5.77. The number of nitrogens with zero attached hydrogens (tertiary/aromatic N) is 1. The van der Waals surface area contributed by atoms with Crippen LogP contribution in [0.3, 0.4) is 0 Å². The maximum absolute atomic E-state index is 12.0. The van der Waals surface area contributed by atoms with Gasteiger partial charge in [-0.15, -0.1) is 0 Å². The van der Waals surface area contributed by atoms with Crippen LogP contribution in [0.1, 0.15) is 11.1 Å². The quantitative estimate of drug-likeness (QED) is 0.618. The second kappa shape index (κ2) is 9.97. The van der Waals surface area contributed by atoms with E-state index in [9.17, 15) is 4.79 Å². The maximum atomic E-state index is 12.0. The number of hydrogen-bond donors (Lipinski definition) is 1.